The van der Waals surface area contributed by atoms with Crippen molar-refractivity contribution in [3.63, 3.8) is 0 Å². The molecule has 0 aromatic rings. The van der Waals surface area contributed by atoms with Crippen molar-refractivity contribution >= 4 is 6.47 Å². The van der Waals surface area contributed by atoms with Crippen LogP contribution in [0.1, 0.15) is 6.92 Å². The Kier molecular flexibility index (Phi) is 4.13. The quantitative estimate of drug-likeness (QED) is 0.215. The van der Waals surface area contributed by atoms with E-state index in [1.54, 1.807) is 6.92 Å². The predicted octanol–water partition coefficient (Wildman–Crippen LogP) is 0.344. The summed E-state index contributed by atoms with van der Waals surface area (Å²) in [6.45, 7) is 3.11. The highest BCUT2D eigenvalue weighted by atomic mass is 16.5. The third kappa shape index (κ3) is 4.90. The minimum absolute atomic E-state index is 0.324. The zero-order valence-electron chi connectivity index (χ0n) is 3.97. The van der Waals surface area contributed by atoms with Gasteiger partial charge in [0.15, 0.2) is 0 Å². The fraction of sp³-hybridized carbons (Fsp3) is 0.200. The SMILES string of the molecule is CC#C[CH-]OC=O. The fourth-order valence-electron chi connectivity index (χ4n) is 0.121. The highest BCUT2D eigenvalue weighted by Gasteiger charge is 1.56. The van der Waals surface area contributed by atoms with Gasteiger partial charge in [0.2, 0.25) is 0 Å². The molecule has 2 nitrogen and oxygen atoms in total. The molecule has 0 aliphatic heterocycles. The van der Waals surface area contributed by atoms with Crippen LogP contribution in [0.4, 0.5) is 0 Å². The van der Waals surface area contributed by atoms with Crippen LogP contribution in [0.3, 0.4) is 0 Å². The second kappa shape index (κ2) is 4.90. The number of ether oxygens (including phenoxy) is 1. The second-order valence-corrected chi connectivity index (χ2v) is 0.744. The number of rotatable bonds is 2. The van der Waals surface area contributed by atoms with Gasteiger partial charge in [0.1, 0.15) is 0 Å². The molecule has 0 heterocycles. The van der Waals surface area contributed by atoms with Crippen molar-refractivity contribution < 1.29 is 9.53 Å². The van der Waals surface area contributed by atoms with Crippen molar-refractivity contribution in [2.45, 2.75) is 6.92 Å². The van der Waals surface area contributed by atoms with Crippen molar-refractivity contribution in [1.29, 1.82) is 0 Å². The van der Waals surface area contributed by atoms with Crippen LogP contribution >= 0.6 is 0 Å². The fourth-order valence-corrected chi connectivity index (χ4v) is 0.121. The maximum Gasteiger partial charge on any atom is 0.281 e. The van der Waals surface area contributed by atoms with Crippen molar-refractivity contribution in [3.8, 4) is 11.8 Å². The summed E-state index contributed by atoms with van der Waals surface area (Å²) in [5.41, 5.74) is 0. The third-order valence-electron chi connectivity index (χ3n) is 0.327. The molecule has 0 spiro atoms. The van der Waals surface area contributed by atoms with E-state index < -0.39 is 0 Å². The lowest BCUT2D eigenvalue weighted by Crippen LogP contribution is -1.76. The summed E-state index contributed by atoms with van der Waals surface area (Å²) in [4.78, 5) is 9.36. The molecule has 0 aromatic carbocycles. The van der Waals surface area contributed by atoms with Crippen LogP contribution in [0.5, 0.6) is 0 Å². The lowest BCUT2D eigenvalue weighted by molar-refractivity contribution is -0.125. The Morgan fingerprint density at radius 1 is 1.86 bits per heavy atom. The standard InChI is InChI=1S/C5H5O2/c1-2-3-4-7-5-6/h4-5H,1H3/q-1. The monoisotopic (exact) mass is 97.0 g/mol. The summed E-state index contributed by atoms with van der Waals surface area (Å²) in [6, 6.07) is 0. The Balaban J connectivity index is 2.92. The Hall–Kier alpha value is -1.10. The van der Waals surface area contributed by atoms with Gasteiger partial charge in [0.05, 0.1) is 0 Å². The molecule has 2 heteroatoms. The number of hydrogen-bond donors (Lipinski definition) is 0. The molecule has 0 amide bonds. The maximum atomic E-state index is 9.36. The molecule has 0 fully saturated rings. The first-order chi connectivity index (χ1) is 3.41. The molecule has 0 aromatic heterocycles. The molecule has 7 heavy (non-hydrogen) atoms. The summed E-state index contributed by atoms with van der Waals surface area (Å²) in [7, 11) is 0. The first-order valence-electron chi connectivity index (χ1n) is 1.75. The normalized spacial score (nSPS) is 5.29. The van der Waals surface area contributed by atoms with E-state index in [1.165, 1.54) is 0 Å². The summed E-state index contributed by atoms with van der Waals surface area (Å²) in [6.07, 6.45) is 0. The van der Waals surface area contributed by atoms with Crippen LogP contribution in [0.2, 0.25) is 0 Å². The number of hydrogen-bond acceptors (Lipinski definition) is 2. The van der Waals surface area contributed by atoms with Gasteiger partial charge in [-0.05, 0) is 6.61 Å². The Morgan fingerprint density at radius 3 is 3.00 bits per heavy atom. The zero-order valence-corrected chi connectivity index (χ0v) is 3.97. The molecule has 0 aliphatic carbocycles. The third-order valence-corrected chi connectivity index (χ3v) is 0.327. The predicted molar refractivity (Wildman–Crippen MR) is 24.9 cm³/mol. The topological polar surface area (TPSA) is 26.3 Å². The first-order valence-corrected chi connectivity index (χ1v) is 1.75. The van der Waals surface area contributed by atoms with Gasteiger partial charge in [-0.1, -0.05) is 6.92 Å². The van der Waals surface area contributed by atoms with Crippen LogP contribution in [0, 0.1) is 18.4 Å². The van der Waals surface area contributed by atoms with E-state index in [0.717, 1.165) is 6.61 Å². The van der Waals surface area contributed by atoms with Crippen LogP contribution in [0.25, 0.3) is 0 Å². The van der Waals surface area contributed by atoms with E-state index in [9.17, 15) is 4.79 Å². The lowest BCUT2D eigenvalue weighted by atomic mass is 10.6. The molecular formula is C5H5O2-. The molecule has 0 bridgehead atoms. The Bertz CT molecular complexity index is 96.4. The molecule has 0 saturated heterocycles. The van der Waals surface area contributed by atoms with Gasteiger partial charge in [0, 0.05) is 0 Å². The molecular weight excluding hydrogens is 92.1 g/mol. The zero-order chi connectivity index (χ0) is 5.54. The minimum atomic E-state index is 0.324. The van der Waals surface area contributed by atoms with Gasteiger partial charge >= 0.3 is 0 Å². The van der Waals surface area contributed by atoms with Gasteiger partial charge < -0.3 is 10.7 Å². The molecule has 0 unspecified atom stereocenters. The lowest BCUT2D eigenvalue weighted by Gasteiger charge is -1.91. The summed E-state index contributed by atoms with van der Waals surface area (Å²) < 4.78 is 4.09. The van der Waals surface area contributed by atoms with Crippen molar-refractivity contribution in [2.24, 2.45) is 0 Å². The molecule has 0 saturated carbocycles. The maximum absolute atomic E-state index is 9.36. The number of carbonyl (C=O) groups is 1. The van der Waals surface area contributed by atoms with Crippen LogP contribution < -0.4 is 0 Å². The van der Waals surface area contributed by atoms with E-state index >= 15 is 0 Å². The largest absolute Gasteiger partial charge is 0.521 e. The Morgan fingerprint density at radius 2 is 2.57 bits per heavy atom. The molecule has 0 rings (SSSR count). The van der Waals surface area contributed by atoms with Crippen LogP contribution in [-0.2, 0) is 9.53 Å². The van der Waals surface area contributed by atoms with Gasteiger partial charge in [-0.25, -0.2) is 0 Å². The first kappa shape index (κ1) is 5.90. The minimum Gasteiger partial charge on any atom is -0.521 e. The average molecular weight is 97.1 g/mol. The van der Waals surface area contributed by atoms with Gasteiger partial charge in [0.25, 0.3) is 6.47 Å². The van der Waals surface area contributed by atoms with Gasteiger partial charge in [-0.15, -0.1) is 0 Å². The summed E-state index contributed by atoms with van der Waals surface area (Å²) in [5, 5.41) is 0. The van der Waals surface area contributed by atoms with Gasteiger partial charge in [-0.2, -0.15) is 0 Å². The van der Waals surface area contributed by atoms with E-state index in [2.05, 4.69) is 16.6 Å². The van der Waals surface area contributed by atoms with Crippen molar-refractivity contribution in [1.82, 2.24) is 0 Å². The van der Waals surface area contributed by atoms with Gasteiger partial charge in [-0.3, -0.25) is 10.7 Å². The average Bonchev–Trinajstić information content (AvgIpc) is 1.69. The van der Waals surface area contributed by atoms with E-state index in [1.807, 2.05) is 0 Å². The smallest absolute Gasteiger partial charge is 0.281 e. The van der Waals surface area contributed by atoms with Crippen molar-refractivity contribution in [2.75, 3.05) is 0 Å². The summed E-state index contributed by atoms with van der Waals surface area (Å²) >= 11 is 0. The van der Waals surface area contributed by atoms with E-state index in [4.69, 9.17) is 0 Å². The molecule has 0 aliphatic rings. The molecule has 0 radical (unpaired) electrons. The van der Waals surface area contributed by atoms with Crippen molar-refractivity contribution in [3.05, 3.63) is 6.61 Å². The molecule has 38 valence electrons. The molecule has 0 N–H and O–H groups in total. The molecule has 0 atom stereocenters. The second-order valence-electron chi connectivity index (χ2n) is 0.744. The van der Waals surface area contributed by atoms with E-state index in [-0.39, 0.29) is 0 Å². The van der Waals surface area contributed by atoms with E-state index in [0.29, 0.717) is 6.47 Å². The summed E-state index contributed by atoms with van der Waals surface area (Å²) in [5.74, 6) is 4.93. The van der Waals surface area contributed by atoms with Crippen LogP contribution in [-0.4, -0.2) is 6.47 Å². The van der Waals surface area contributed by atoms with Crippen LogP contribution in [0.15, 0.2) is 0 Å². The Labute approximate surface area is 42.5 Å². The highest BCUT2D eigenvalue weighted by molar-refractivity contribution is 5.38. The highest BCUT2D eigenvalue weighted by Crippen LogP contribution is 1.68. The number of carbonyl (C=O) groups excluding carboxylic acids is 1.